The van der Waals surface area contributed by atoms with Crippen LogP contribution >= 0.6 is 0 Å². The van der Waals surface area contributed by atoms with Crippen molar-refractivity contribution in [2.24, 2.45) is 34.5 Å². The van der Waals surface area contributed by atoms with Crippen molar-refractivity contribution in [2.45, 2.75) is 84.3 Å². The lowest BCUT2D eigenvalue weighted by Crippen LogP contribution is -2.64. The molecular weight excluding hydrogens is 456 g/mol. The van der Waals surface area contributed by atoms with Crippen LogP contribution in [0.25, 0.3) is 0 Å². The number of piperidine rings is 1. The van der Waals surface area contributed by atoms with E-state index in [-0.39, 0.29) is 23.3 Å². The molecule has 4 fully saturated rings. The van der Waals surface area contributed by atoms with Gasteiger partial charge in [0.1, 0.15) is 5.92 Å². The van der Waals surface area contributed by atoms with Gasteiger partial charge in [-0.1, -0.05) is 80.9 Å². The highest BCUT2D eigenvalue weighted by Crippen LogP contribution is 2.64. The van der Waals surface area contributed by atoms with Crippen LogP contribution in [0, 0.1) is 34.5 Å². The Morgan fingerprint density at radius 2 is 1.51 bits per heavy atom. The fourth-order valence-corrected chi connectivity index (χ4v) is 9.02. The minimum absolute atomic E-state index is 0.00770. The Morgan fingerprint density at radius 1 is 0.865 bits per heavy atom. The third-order valence-electron chi connectivity index (χ3n) is 11.0. The fraction of sp³-hybridized carbons (Fsp3) is 0.576. The number of carbonyl (C=O) groups is 2. The summed E-state index contributed by atoms with van der Waals surface area (Å²) in [4.78, 5) is 29.6. The molecule has 0 radical (unpaired) electrons. The van der Waals surface area contributed by atoms with E-state index in [2.05, 4.69) is 43.4 Å². The Hall–Kier alpha value is -2.62. The third kappa shape index (κ3) is 4.41. The second kappa shape index (κ2) is 9.60. The number of nitrogens with zero attached hydrogens (tertiary/aromatic N) is 1. The zero-order valence-corrected chi connectivity index (χ0v) is 22.5. The summed E-state index contributed by atoms with van der Waals surface area (Å²) in [6.07, 6.45) is 9.67. The van der Waals surface area contributed by atoms with E-state index in [0.29, 0.717) is 30.8 Å². The van der Waals surface area contributed by atoms with Crippen LogP contribution in [0.2, 0.25) is 0 Å². The molecule has 4 heteroatoms. The van der Waals surface area contributed by atoms with Crippen molar-refractivity contribution in [3.8, 4) is 0 Å². The predicted octanol–water partition coefficient (Wildman–Crippen LogP) is 6.35. The first-order valence-electron chi connectivity index (χ1n) is 14.5. The van der Waals surface area contributed by atoms with Crippen LogP contribution in [-0.4, -0.2) is 22.8 Å². The molecule has 1 saturated heterocycles. The fourth-order valence-electron chi connectivity index (χ4n) is 9.02. The lowest BCUT2D eigenvalue weighted by Gasteiger charge is -2.60. The second-order valence-electron chi connectivity index (χ2n) is 13.0. The topological polar surface area (TPSA) is 49.4 Å². The van der Waals surface area contributed by atoms with Crippen LogP contribution < -0.4 is 5.32 Å². The Bertz CT molecular complexity index is 1090. The van der Waals surface area contributed by atoms with Crippen molar-refractivity contribution in [1.82, 2.24) is 10.2 Å². The molecule has 6 rings (SSSR count). The van der Waals surface area contributed by atoms with Gasteiger partial charge in [0, 0.05) is 19.1 Å². The summed E-state index contributed by atoms with van der Waals surface area (Å²) in [5.41, 5.74) is 2.70. The number of rotatable bonds is 5. The molecule has 2 aromatic rings. The van der Waals surface area contributed by atoms with Gasteiger partial charge in [0.15, 0.2) is 0 Å². The summed E-state index contributed by atoms with van der Waals surface area (Å²) in [5, 5.41) is 3.39. The van der Waals surface area contributed by atoms with Crippen molar-refractivity contribution in [3.63, 3.8) is 0 Å². The lowest BCUT2D eigenvalue weighted by atomic mass is 9.47. The highest BCUT2D eigenvalue weighted by molar-refractivity contribution is 6.01. The van der Waals surface area contributed by atoms with E-state index < -0.39 is 5.92 Å². The first-order chi connectivity index (χ1) is 17.9. The molecule has 196 valence electrons. The Morgan fingerprint density at radius 3 is 2.16 bits per heavy atom. The average molecular weight is 499 g/mol. The molecule has 1 aliphatic heterocycles. The summed E-state index contributed by atoms with van der Waals surface area (Å²) in [6.45, 7) is 5.98. The lowest BCUT2D eigenvalue weighted by molar-refractivity contribution is -0.156. The SMILES string of the molecule is C[C@@]12CCC[C@H]1[C@@H]1CCC3NC(=O)C(C(=O)N(Cc4ccccc4)Cc4ccccc4)C[C@]3(C)[C@@H]1CC2. The third-order valence-corrected chi connectivity index (χ3v) is 11.0. The molecule has 0 spiro atoms. The number of fused-ring (bicyclic) bond motifs is 5. The van der Waals surface area contributed by atoms with Gasteiger partial charge in [-0.15, -0.1) is 0 Å². The van der Waals surface area contributed by atoms with E-state index in [9.17, 15) is 9.59 Å². The summed E-state index contributed by atoms with van der Waals surface area (Å²) in [5.74, 6) is 1.49. The minimum Gasteiger partial charge on any atom is -0.352 e. The molecule has 2 amide bonds. The van der Waals surface area contributed by atoms with E-state index in [0.717, 1.165) is 29.4 Å². The van der Waals surface area contributed by atoms with E-state index in [1.165, 1.54) is 38.5 Å². The number of carbonyl (C=O) groups excluding carboxylic acids is 2. The van der Waals surface area contributed by atoms with Gasteiger partial charge in [-0.2, -0.15) is 0 Å². The van der Waals surface area contributed by atoms with E-state index in [1.54, 1.807) is 0 Å². The summed E-state index contributed by atoms with van der Waals surface area (Å²) >= 11 is 0. The molecule has 2 aromatic carbocycles. The average Bonchev–Trinajstić information content (AvgIpc) is 3.31. The summed E-state index contributed by atoms with van der Waals surface area (Å²) in [6, 6.07) is 20.5. The predicted molar refractivity (Wildman–Crippen MR) is 146 cm³/mol. The van der Waals surface area contributed by atoms with Gasteiger partial charge < -0.3 is 10.2 Å². The van der Waals surface area contributed by atoms with Crippen molar-refractivity contribution in [2.75, 3.05) is 0 Å². The van der Waals surface area contributed by atoms with Crippen molar-refractivity contribution < 1.29 is 9.59 Å². The highest BCUT2D eigenvalue weighted by Gasteiger charge is 2.60. The molecule has 3 saturated carbocycles. The van der Waals surface area contributed by atoms with Crippen LogP contribution in [0.5, 0.6) is 0 Å². The van der Waals surface area contributed by atoms with Gasteiger partial charge in [0.05, 0.1) is 0 Å². The maximum Gasteiger partial charge on any atom is 0.235 e. The molecule has 7 atom stereocenters. The maximum atomic E-state index is 14.2. The number of hydrogen-bond donors (Lipinski definition) is 1. The molecule has 2 unspecified atom stereocenters. The van der Waals surface area contributed by atoms with Crippen LogP contribution in [-0.2, 0) is 22.7 Å². The minimum atomic E-state index is -0.607. The van der Waals surface area contributed by atoms with Gasteiger partial charge in [-0.3, -0.25) is 9.59 Å². The van der Waals surface area contributed by atoms with Crippen LogP contribution in [0.4, 0.5) is 0 Å². The van der Waals surface area contributed by atoms with Gasteiger partial charge in [0.25, 0.3) is 0 Å². The zero-order chi connectivity index (χ0) is 25.6. The van der Waals surface area contributed by atoms with E-state index >= 15 is 0 Å². The summed E-state index contributed by atoms with van der Waals surface area (Å²) in [7, 11) is 0. The van der Waals surface area contributed by atoms with Crippen molar-refractivity contribution >= 4 is 11.8 Å². The molecule has 4 aliphatic rings. The van der Waals surface area contributed by atoms with Gasteiger partial charge in [0.2, 0.25) is 11.8 Å². The van der Waals surface area contributed by atoms with E-state index in [1.807, 2.05) is 41.3 Å². The standard InChI is InChI=1S/C33H42N2O2/c1-32-18-9-14-27(32)25-15-16-29-33(2,28(25)17-19-32)20-26(30(36)34-29)31(37)35(21-23-10-5-3-6-11-23)22-24-12-7-4-8-13-24/h3-8,10-13,25-29H,9,14-22H2,1-2H3,(H,34,36)/t25-,26?,27-,28+,29?,32-,33+/m0/s1. The Balaban J connectivity index is 1.27. The smallest absolute Gasteiger partial charge is 0.235 e. The molecule has 1 N–H and O–H groups in total. The largest absolute Gasteiger partial charge is 0.352 e. The normalized spacial score (nSPS) is 36.6. The Kier molecular flexibility index (Phi) is 6.41. The monoisotopic (exact) mass is 498 g/mol. The first-order valence-corrected chi connectivity index (χ1v) is 14.5. The second-order valence-corrected chi connectivity index (χ2v) is 13.0. The number of benzene rings is 2. The number of amides is 2. The molecule has 4 nitrogen and oxygen atoms in total. The first kappa shape index (κ1) is 24.7. The molecule has 3 aliphatic carbocycles. The van der Waals surface area contributed by atoms with Crippen LogP contribution in [0.1, 0.15) is 76.3 Å². The Labute approximate surface area is 222 Å². The number of hydrogen-bond acceptors (Lipinski definition) is 2. The van der Waals surface area contributed by atoms with E-state index in [4.69, 9.17) is 0 Å². The maximum absolute atomic E-state index is 14.2. The summed E-state index contributed by atoms with van der Waals surface area (Å²) < 4.78 is 0. The van der Waals surface area contributed by atoms with Gasteiger partial charge in [-0.25, -0.2) is 0 Å². The zero-order valence-electron chi connectivity index (χ0n) is 22.5. The van der Waals surface area contributed by atoms with Gasteiger partial charge >= 0.3 is 0 Å². The van der Waals surface area contributed by atoms with Gasteiger partial charge in [-0.05, 0) is 84.7 Å². The van der Waals surface area contributed by atoms with Crippen LogP contribution in [0.15, 0.2) is 60.7 Å². The highest BCUT2D eigenvalue weighted by atomic mass is 16.2. The quantitative estimate of drug-likeness (QED) is 0.488. The van der Waals surface area contributed by atoms with Crippen molar-refractivity contribution in [1.29, 1.82) is 0 Å². The molecule has 37 heavy (non-hydrogen) atoms. The molecular formula is C33H42N2O2. The molecule has 0 bridgehead atoms. The van der Waals surface area contributed by atoms with Crippen molar-refractivity contribution in [3.05, 3.63) is 71.8 Å². The number of nitrogens with one attached hydrogen (secondary N) is 1. The molecule has 0 aromatic heterocycles. The van der Waals surface area contributed by atoms with Crippen LogP contribution in [0.3, 0.4) is 0 Å². The molecule has 1 heterocycles.